The maximum atomic E-state index is 12.0. The lowest BCUT2D eigenvalue weighted by molar-refractivity contribution is -0.157. The van der Waals surface area contributed by atoms with Crippen LogP contribution in [0.3, 0.4) is 0 Å². The van der Waals surface area contributed by atoms with Crippen molar-refractivity contribution in [3.8, 4) is 0 Å². The van der Waals surface area contributed by atoms with Crippen LogP contribution in [0.5, 0.6) is 0 Å². The molecule has 1 fully saturated rings. The molecule has 1 aliphatic carbocycles. The van der Waals surface area contributed by atoms with E-state index in [-0.39, 0.29) is 12.2 Å². The van der Waals surface area contributed by atoms with Crippen LogP contribution in [-0.4, -0.2) is 26.6 Å². The molecule has 5 nitrogen and oxygen atoms in total. The molecule has 0 spiro atoms. The summed E-state index contributed by atoms with van der Waals surface area (Å²) in [6, 6.07) is 1.77. The quantitative estimate of drug-likeness (QED) is 0.800. The predicted octanol–water partition coefficient (Wildman–Crippen LogP) is 1.18. The highest BCUT2D eigenvalue weighted by atomic mass is 16.4. The van der Waals surface area contributed by atoms with E-state index in [9.17, 15) is 14.7 Å². The van der Waals surface area contributed by atoms with E-state index in [1.54, 1.807) is 24.0 Å². The number of aliphatic carboxylic acids is 1. The highest BCUT2D eigenvalue weighted by Crippen LogP contribution is 2.36. The summed E-state index contributed by atoms with van der Waals surface area (Å²) in [4.78, 5) is 23.4. The molecule has 92 valence electrons. The lowest BCUT2D eigenvalue weighted by atomic mass is 9.70. The highest BCUT2D eigenvalue weighted by Gasteiger charge is 2.47. The number of carboxylic acid groups (broad SMARTS) is 1. The smallest absolute Gasteiger partial charge is 0.317 e. The monoisotopic (exact) mass is 236 g/mol. The first kappa shape index (κ1) is 11.8. The Morgan fingerprint density at radius 3 is 2.88 bits per heavy atom. The number of rotatable bonds is 3. The summed E-state index contributed by atoms with van der Waals surface area (Å²) in [5.74, 6) is -1.16. The number of carbonyl (C=O) groups excluding carboxylic acids is 1. The van der Waals surface area contributed by atoms with Crippen molar-refractivity contribution in [1.82, 2.24) is 9.78 Å². The molecule has 5 heteroatoms. The number of hydrogen-bond acceptors (Lipinski definition) is 3. The Balaban J connectivity index is 2.28. The molecule has 1 atom stereocenters. The number of Topliss-reactive ketones (excluding diaryl/α,β-unsaturated/α-hetero) is 1. The second-order valence-corrected chi connectivity index (χ2v) is 4.68. The first-order valence-corrected chi connectivity index (χ1v) is 5.80. The van der Waals surface area contributed by atoms with Gasteiger partial charge in [0, 0.05) is 26.1 Å². The van der Waals surface area contributed by atoms with E-state index in [1.165, 1.54) is 0 Å². The van der Waals surface area contributed by atoms with E-state index in [0.29, 0.717) is 18.5 Å². The topological polar surface area (TPSA) is 72.2 Å². The van der Waals surface area contributed by atoms with Gasteiger partial charge in [-0.1, -0.05) is 6.42 Å². The second-order valence-electron chi connectivity index (χ2n) is 4.68. The average molecular weight is 236 g/mol. The first-order chi connectivity index (χ1) is 8.04. The Kier molecular flexibility index (Phi) is 3.00. The van der Waals surface area contributed by atoms with Crippen molar-refractivity contribution < 1.29 is 14.7 Å². The van der Waals surface area contributed by atoms with E-state index in [0.717, 1.165) is 12.8 Å². The maximum absolute atomic E-state index is 12.0. The third-order valence-corrected chi connectivity index (χ3v) is 3.45. The first-order valence-electron chi connectivity index (χ1n) is 5.80. The third kappa shape index (κ3) is 2.09. The summed E-state index contributed by atoms with van der Waals surface area (Å²) in [5.41, 5.74) is -0.572. The second kappa shape index (κ2) is 4.31. The molecule has 1 N–H and O–H groups in total. The SMILES string of the molecule is Cn1ccc(CC2(C(=O)O)CCCCC2=O)n1. The Hall–Kier alpha value is -1.65. The molecule has 0 bridgehead atoms. The van der Waals surface area contributed by atoms with Gasteiger partial charge in [0.25, 0.3) is 0 Å². The molecule has 1 unspecified atom stereocenters. The van der Waals surface area contributed by atoms with E-state index in [4.69, 9.17) is 0 Å². The average Bonchev–Trinajstić information content (AvgIpc) is 2.67. The van der Waals surface area contributed by atoms with E-state index in [1.807, 2.05) is 0 Å². The van der Waals surface area contributed by atoms with Crippen LogP contribution < -0.4 is 0 Å². The van der Waals surface area contributed by atoms with Gasteiger partial charge in [-0.2, -0.15) is 5.10 Å². The summed E-state index contributed by atoms with van der Waals surface area (Å²) < 4.78 is 1.62. The fraction of sp³-hybridized carbons (Fsp3) is 0.583. The van der Waals surface area contributed by atoms with Crippen LogP contribution in [0.25, 0.3) is 0 Å². The molecule has 0 amide bonds. The normalized spacial score (nSPS) is 24.9. The van der Waals surface area contributed by atoms with E-state index < -0.39 is 11.4 Å². The molecule has 1 aliphatic rings. The van der Waals surface area contributed by atoms with E-state index in [2.05, 4.69) is 5.10 Å². The minimum Gasteiger partial charge on any atom is -0.480 e. The van der Waals surface area contributed by atoms with Gasteiger partial charge in [0.05, 0.1) is 5.69 Å². The standard InChI is InChI=1S/C12H16N2O3/c1-14-7-5-9(13-14)8-12(11(16)17)6-3-2-4-10(12)15/h5,7H,2-4,6,8H2,1H3,(H,16,17). The number of aromatic nitrogens is 2. The highest BCUT2D eigenvalue weighted by molar-refractivity contribution is 6.03. The number of carbonyl (C=O) groups is 2. The van der Waals surface area contributed by atoms with Gasteiger partial charge in [0.2, 0.25) is 0 Å². The van der Waals surface area contributed by atoms with Crippen molar-refractivity contribution in [2.24, 2.45) is 12.5 Å². The largest absolute Gasteiger partial charge is 0.480 e. The van der Waals surface area contributed by atoms with Gasteiger partial charge in [-0.25, -0.2) is 0 Å². The van der Waals surface area contributed by atoms with Gasteiger partial charge in [-0.3, -0.25) is 14.3 Å². The van der Waals surface area contributed by atoms with E-state index >= 15 is 0 Å². The van der Waals surface area contributed by atoms with Crippen LogP contribution >= 0.6 is 0 Å². The van der Waals surface area contributed by atoms with Crippen molar-refractivity contribution in [2.75, 3.05) is 0 Å². The van der Waals surface area contributed by atoms with Crippen molar-refractivity contribution in [1.29, 1.82) is 0 Å². The van der Waals surface area contributed by atoms with Crippen LogP contribution in [-0.2, 0) is 23.1 Å². The molecule has 2 rings (SSSR count). The molecular weight excluding hydrogens is 220 g/mol. The van der Waals surface area contributed by atoms with Crippen LogP contribution in [0.4, 0.5) is 0 Å². The van der Waals surface area contributed by atoms with Crippen molar-refractivity contribution in [3.05, 3.63) is 18.0 Å². The number of nitrogens with zero attached hydrogens (tertiary/aromatic N) is 2. The van der Waals surface area contributed by atoms with Gasteiger partial charge in [0.15, 0.2) is 5.78 Å². The number of carboxylic acids is 1. The van der Waals surface area contributed by atoms with Gasteiger partial charge in [-0.05, 0) is 18.9 Å². The Morgan fingerprint density at radius 1 is 1.59 bits per heavy atom. The molecule has 1 aromatic heterocycles. The lowest BCUT2D eigenvalue weighted by Crippen LogP contribution is -2.43. The van der Waals surface area contributed by atoms with Crippen LogP contribution in [0.15, 0.2) is 12.3 Å². The minimum absolute atomic E-state index is 0.151. The zero-order valence-corrected chi connectivity index (χ0v) is 9.85. The molecule has 1 aromatic rings. The summed E-state index contributed by atoms with van der Waals surface area (Å²) in [5, 5.41) is 13.5. The number of aryl methyl sites for hydroxylation is 1. The Morgan fingerprint density at radius 2 is 2.35 bits per heavy atom. The van der Waals surface area contributed by atoms with Crippen molar-refractivity contribution in [2.45, 2.75) is 32.1 Å². The van der Waals surface area contributed by atoms with Crippen LogP contribution in [0.2, 0.25) is 0 Å². The van der Waals surface area contributed by atoms with Gasteiger partial charge >= 0.3 is 5.97 Å². The molecule has 0 saturated heterocycles. The summed E-state index contributed by atoms with van der Waals surface area (Å²) in [7, 11) is 1.78. The zero-order valence-electron chi connectivity index (χ0n) is 9.85. The van der Waals surface area contributed by atoms with Crippen LogP contribution in [0, 0.1) is 5.41 Å². The molecular formula is C12H16N2O3. The van der Waals surface area contributed by atoms with Crippen molar-refractivity contribution in [3.63, 3.8) is 0 Å². The summed E-state index contributed by atoms with van der Waals surface area (Å²) in [6.45, 7) is 0. The number of ketones is 1. The molecule has 1 heterocycles. The van der Waals surface area contributed by atoms with Gasteiger partial charge in [-0.15, -0.1) is 0 Å². The molecule has 0 radical (unpaired) electrons. The van der Waals surface area contributed by atoms with Crippen LogP contribution in [0.1, 0.15) is 31.4 Å². The predicted molar refractivity (Wildman–Crippen MR) is 60.5 cm³/mol. The van der Waals surface area contributed by atoms with Crippen molar-refractivity contribution >= 4 is 11.8 Å². The summed E-state index contributed by atoms with van der Waals surface area (Å²) in [6.07, 6.45) is 4.37. The number of hydrogen-bond donors (Lipinski definition) is 1. The maximum Gasteiger partial charge on any atom is 0.317 e. The zero-order chi connectivity index (χ0) is 12.5. The van der Waals surface area contributed by atoms with Gasteiger partial charge < -0.3 is 5.11 Å². The molecule has 0 aromatic carbocycles. The lowest BCUT2D eigenvalue weighted by Gasteiger charge is -2.30. The molecule has 17 heavy (non-hydrogen) atoms. The Bertz CT molecular complexity index is 452. The molecule has 1 saturated carbocycles. The Labute approximate surface area is 99.4 Å². The fourth-order valence-corrected chi connectivity index (χ4v) is 2.45. The molecule has 0 aliphatic heterocycles. The summed E-state index contributed by atoms with van der Waals surface area (Å²) >= 11 is 0. The third-order valence-electron chi connectivity index (χ3n) is 3.45. The minimum atomic E-state index is -1.24. The fourth-order valence-electron chi connectivity index (χ4n) is 2.45. The van der Waals surface area contributed by atoms with Gasteiger partial charge in [0.1, 0.15) is 5.41 Å².